The van der Waals surface area contributed by atoms with Crippen LogP contribution < -0.4 is 5.32 Å². The van der Waals surface area contributed by atoms with Gasteiger partial charge >= 0.3 is 0 Å². The van der Waals surface area contributed by atoms with E-state index in [1.54, 1.807) is 6.07 Å². The zero-order valence-corrected chi connectivity index (χ0v) is 13.0. The summed E-state index contributed by atoms with van der Waals surface area (Å²) in [5.41, 5.74) is 0.566. The van der Waals surface area contributed by atoms with Crippen LogP contribution in [0.3, 0.4) is 0 Å². The normalized spacial score (nSPS) is 18.7. The number of aromatic hydroxyl groups is 1. The molecule has 1 aromatic carbocycles. The highest BCUT2D eigenvalue weighted by atomic mass is 19.1. The molecule has 0 radical (unpaired) electrons. The highest BCUT2D eigenvalue weighted by Gasteiger charge is 2.28. The molecule has 1 unspecified atom stereocenters. The Morgan fingerprint density at radius 2 is 2.05 bits per heavy atom. The molecule has 0 aromatic heterocycles. The second-order valence-corrected chi connectivity index (χ2v) is 6.22. The van der Waals surface area contributed by atoms with Crippen molar-refractivity contribution in [2.75, 3.05) is 32.8 Å². The number of phenolic OH excluding ortho intramolecular Hbond substituents is 1. The molecule has 0 saturated carbocycles. The molecule has 1 atom stereocenters. The van der Waals surface area contributed by atoms with Gasteiger partial charge in [-0.15, -0.1) is 0 Å². The van der Waals surface area contributed by atoms with Gasteiger partial charge in [0.1, 0.15) is 11.6 Å². The van der Waals surface area contributed by atoms with Gasteiger partial charge in [-0.25, -0.2) is 4.39 Å². The van der Waals surface area contributed by atoms with Crippen molar-refractivity contribution in [3.05, 3.63) is 29.6 Å². The molecule has 118 valence electrons. The molecule has 1 heterocycles. The third kappa shape index (κ3) is 4.15. The summed E-state index contributed by atoms with van der Waals surface area (Å²) in [6.07, 6.45) is 0. The summed E-state index contributed by atoms with van der Waals surface area (Å²) in [5, 5.41) is 12.7. The van der Waals surface area contributed by atoms with E-state index >= 15 is 0 Å². The monoisotopic (exact) mass is 296 g/mol. The summed E-state index contributed by atoms with van der Waals surface area (Å²) < 4.78 is 19.2. The first-order chi connectivity index (χ1) is 9.90. The topological polar surface area (TPSA) is 44.7 Å². The minimum atomic E-state index is -0.376. The Morgan fingerprint density at radius 1 is 1.38 bits per heavy atom. The lowest BCUT2D eigenvalue weighted by molar-refractivity contribution is -0.0102. The van der Waals surface area contributed by atoms with E-state index in [2.05, 4.69) is 24.1 Å². The molecular weight excluding hydrogens is 271 g/mol. The lowest BCUT2D eigenvalue weighted by Crippen LogP contribution is -2.54. The highest BCUT2D eigenvalue weighted by molar-refractivity contribution is 5.29. The van der Waals surface area contributed by atoms with E-state index in [4.69, 9.17) is 4.74 Å². The van der Waals surface area contributed by atoms with Crippen molar-refractivity contribution in [2.24, 2.45) is 0 Å². The average Bonchev–Trinajstić information content (AvgIpc) is 2.46. The maximum absolute atomic E-state index is 13.8. The average molecular weight is 296 g/mol. The second-order valence-electron chi connectivity index (χ2n) is 6.22. The van der Waals surface area contributed by atoms with Crippen LogP contribution in [0.1, 0.15) is 32.4 Å². The molecule has 0 spiro atoms. The van der Waals surface area contributed by atoms with E-state index in [1.807, 2.05) is 6.92 Å². The van der Waals surface area contributed by atoms with Gasteiger partial charge in [-0.05, 0) is 26.8 Å². The molecule has 0 aliphatic carbocycles. The van der Waals surface area contributed by atoms with Crippen LogP contribution in [0.4, 0.5) is 4.39 Å². The largest absolute Gasteiger partial charge is 0.508 e. The van der Waals surface area contributed by atoms with Crippen LogP contribution in [0.2, 0.25) is 0 Å². The smallest absolute Gasteiger partial charge is 0.131 e. The number of halogens is 1. The minimum Gasteiger partial charge on any atom is -0.508 e. The predicted octanol–water partition coefficient (Wildman–Crippen LogP) is 2.29. The Balaban J connectivity index is 1.94. The van der Waals surface area contributed by atoms with Gasteiger partial charge in [-0.3, -0.25) is 4.90 Å². The third-order valence-electron chi connectivity index (χ3n) is 4.16. The number of hydrogen-bond donors (Lipinski definition) is 2. The molecule has 0 amide bonds. The van der Waals surface area contributed by atoms with Crippen LogP contribution >= 0.6 is 0 Å². The van der Waals surface area contributed by atoms with Crippen LogP contribution in [-0.2, 0) is 4.74 Å². The third-order valence-corrected chi connectivity index (χ3v) is 4.16. The first-order valence-electron chi connectivity index (χ1n) is 7.45. The van der Waals surface area contributed by atoms with E-state index < -0.39 is 0 Å². The van der Waals surface area contributed by atoms with Gasteiger partial charge in [-0.1, -0.05) is 6.07 Å². The number of morpholine rings is 1. The van der Waals surface area contributed by atoms with Crippen molar-refractivity contribution in [2.45, 2.75) is 32.4 Å². The first-order valence-corrected chi connectivity index (χ1v) is 7.45. The van der Waals surface area contributed by atoms with Crippen molar-refractivity contribution in [1.29, 1.82) is 0 Å². The van der Waals surface area contributed by atoms with Crippen LogP contribution in [0.15, 0.2) is 18.2 Å². The Labute approximate surface area is 125 Å². The van der Waals surface area contributed by atoms with Gasteiger partial charge < -0.3 is 15.2 Å². The van der Waals surface area contributed by atoms with Crippen LogP contribution in [-0.4, -0.2) is 48.4 Å². The zero-order valence-electron chi connectivity index (χ0n) is 13.0. The molecule has 1 aliphatic heterocycles. The molecule has 21 heavy (non-hydrogen) atoms. The molecule has 0 bridgehead atoms. The van der Waals surface area contributed by atoms with Gasteiger partial charge in [0.25, 0.3) is 0 Å². The SMILES string of the molecule is CC(NCC(C)(C)N1CCOCC1)c1ccc(O)cc1F. The Morgan fingerprint density at radius 3 is 2.67 bits per heavy atom. The molecule has 2 rings (SSSR count). The van der Waals surface area contributed by atoms with Gasteiger partial charge in [-0.2, -0.15) is 0 Å². The van der Waals surface area contributed by atoms with E-state index in [1.165, 1.54) is 6.07 Å². The fraction of sp³-hybridized carbons (Fsp3) is 0.625. The van der Waals surface area contributed by atoms with Crippen LogP contribution in [0, 0.1) is 5.82 Å². The summed E-state index contributed by atoms with van der Waals surface area (Å²) in [6, 6.07) is 4.19. The van der Waals surface area contributed by atoms with Gasteiger partial charge in [0, 0.05) is 42.8 Å². The van der Waals surface area contributed by atoms with Crippen molar-refractivity contribution < 1.29 is 14.2 Å². The number of rotatable bonds is 5. The zero-order chi connectivity index (χ0) is 15.5. The van der Waals surface area contributed by atoms with Gasteiger partial charge in [0.15, 0.2) is 0 Å². The number of benzene rings is 1. The van der Waals surface area contributed by atoms with Gasteiger partial charge in [0.05, 0.1) is 13.2 Å². The number of phenols is 1. The number of nitrogens with one attached hydrogen (secondary N) is 1. The Hall–Kier alpha value is -1.17. The molecule has 1 aromatic rings. The maximum Gasteiger partial charge on any atom is 0.131 e. The summed E-state index contributed by atoms with van der Waals surface area (Å²) in [5.74, 6) is -0.420. The van der Waals surface area contributed by atoms with Gasteiger partial charge in [0.2, 0.25) is 0 Å². The van der Waals surface area contributed by atoms with E-state index in [0.29, 0.717) is 5.56 Å². The molecule has 2 N–H and O–H groups in total. The number of hydrogen-bond acceptors (Lipinski definition) is 4. The Kier molecular flexibility index (Phi) is 5.19. The van der Waals surface area contributed by atoms with Crippen molar-refractivity contribution in [1.82, 2.24) is 10.2 Å². The number of nitrogens with zero attached hydrogens (tertiary/aromatic N) is 1. The summed E-state index contributed by atoms with van der Waals surface area (Å²) >= 11 is 0. The standard InChI is InChI=1S/C16H25FN2O2/c1-12(14-5-4-13(20)10-15(14)17)18-11-16(2,3)19-6-8-21-9-7-19/h4-5,10,12,18,20H,6-9,11H2,1-3H3. The molecule has 1 fully saturated rings. The number of ether oxygens (including phenoxy) is 1. The quantitative estimate of drug-likeness (QED) is 0.875. The Bertz CT molecular complexity index is 473. The minimum absolute atomic E-state index is 0.00850. The molecular formula is C16H25FN2O2. The summed E-state index contributed by atoms with van der Waals surface area (Å²) in [6.45, 7) is 10.5. The molecule has 4 nitrogen and oxygen atoms in total. The lowest BCUT2D eigenvalue weighted by Gasteiger charge is -2.41. The van der Waals surface area contributed by atoms with Crippen LogP contribution in [0.25, 0.3) is 0 Å². The summed E-state index contributed by atoms with van der Waals surface area (Å²) in [4.78, 5) is 2.39. The summed E-state index contributed by atoms with van der Waals surface area (Å²) in [7, 11) is 0. The van der Waals surface area contributed by atoms with Crippen LogP contribution in [0.5, 0.6) is 5.75 Å². The van der Waals surface area contributed by atoms with Crippen molar-refractivity contribution in [3.8, 4) is 5.75 Å². The van der Waals surface area contributed by atoms with E-state index in [9.17, 15) is 9.50 Å². The van der Waals surface area contributed by atoms with Crippen molar-refractivity contribution in [3.63, 3.8) is 0 Å². The van der Waals surface area contributed by atoms with E-state index in [-0.39, 0.29) is 23.1 Å². The van der Waals surface area contributed by atoms with Crippen molar-refractivity contribution >= 4 is 0 Å². The first kappa shape index (κ1) is 16.2. The maximum atomic E-state index is 13.8. The molecule has 1 saturated heterocycles. The molecule has 1 aliphatic rings. The fourth-order valence-corrected chi connectivity index (χ4v) is 2.66. The molecule has 5 heteroatoms. The van der Waals surface area contributed by atoms with E-state index in [0.717, 1.165) is 38.9 Å². The predicted molar refractivity (Wildman–Crippen MR) is 81.0 cm³/mol. The second kappa shape index (κ2) is 6.73. The lowest BCUT2D eigenvalue weighted by atomic mass is 10.0. The highest BCUT2D eigenvalue weighted by Crippen LogP contribution is 2.22. The fourth-order valence-electron chi connectivity index (χ4n) is 2.66.